The predicted molar refractivity (Wildman–Crippen MR) is 141 cm³/mol. The van der Waals surface area contributed by atoms with Crippen LogP contribution < -0.4 is 11.2 Å². The molecular weight excluding hydrogens is 534 g/mol. The van der Waals surface area contributed by atoms with Gasteiger partial charge < -0.3 is 18.9 Å². The number of rotatable bonds is 8. The molecule has 4 aromatic rings. The number of ether oxygens (including phenoxy) is 4. The fraction of sp³-hybridized carbons (Fsp3) is 0.172. The van der Waals surface area contributed by atoms with Crippen LogP contribution in [0, 0.1) is 0 Å². The van der Waals surface area contributed by atoms with Gasteiger partial charge in [0, 0.05) is 0 Å². The third kappa shape index (κ3) is 6.28. The van der Waals surface area contributed by atoms with E-state index in [1.165, 1.54) is 24.3 Å². The van der Waals surface area contributed by atoms with E-state index in [1.807, 2.05) is 0 Å². The minimum absolute atomic E-state index is 0.181. The van der Waals surface area contributed by atoms with Gasteiger partial charge in [-0.1, -0.05) is 54.6 Å². The minimum atomic E-state index is -1.46. The smallest absolute Gasteiger partial charge is 0.347 e. The highest BCUT2D eigenvalue weighted by Gasteiger charge is 2.52. The molecule has 12 nitrogen and oxygen atoms in total. The summed E-state index contributed by atoms with van der Waals surface area (Å²) in [6, 6.07) is 24.2. The molecule has 0 saturated carbocycles. The predicted octanol–water partition coefficient (Wildman–Crippen LogP) is 2.14. The number of aromatic nitrogens is 3. The molecule has 41 heavy (non-hydrogen) atoms. The third-order valence-electron chi connectivity index (χ3n) is 6.16. The Morgan fingerprint density at radius 1 is 0.732 bits per heavy atom. The number of hydrogen-bond acceptors (Lipinski definition) is 10. The zero-order valence-corrected chi connectivity index (χ0v) is 21.3. The van der Waals surface area contributed by atoms with Gasteiger partial charge in [-0.25, -0.2) is 19.2 Å². The molecule has 1 saturated heterocycles. The molecule has 0 amide bonds. The average Bonchev–Trinajstić information content (AvgIpc) is 3.33. The molecule has 0 bridgehead atoms. The summed E-state index contributed by atoms with van der Waals surface area (Å²) in [6.07, 6.45) is -4.61. The first kappa shape index (κ1) is 27.2. The number of benzene rings is 3. The second-order valence-electron chi connectivity index (χ2n) is 8.89. The standard InChI is InChI=1S/C29H23N3O9/c33-22-16-30-32(29(37)31-22)25-24(41-28(36)20-14-8-3-9-15-20)23(40-27(35)19-12-6-2-7-13-19)21(39-25)17-38-26(34)18-10-4-1-5-11-18/h1-16,21,23-25H,17H2,(H,31,33,37)/t21-,23?,24?,25-/m1/s1. The molecule has 0 aliphatic carbocycles. The van der Waals surface area contributed by atoms with Gasteiger partial charge in [0.1, 0.15) is 18.9 Å². The fourth-order valence-electron chi connectivity index (χ4n) is 4.20. The zero-order valence-electron chi connectivity index (χ0n) is 21.3. The summed E-state index contributed by atoms with van der Waals surface area (Å²) in [4.78, 5) is 65.3. The van der Waals surface area contributed by atoms with E-state index < -0.39 is 60.3 Å². The van der Waals surface area contributed by atoms with Crippen LogP contribution in [0.3, 0.4) is 0 Å². The van der Waals surface area contributed by atoms with Gasteiger partial charge in [0.25, 0.3) is 5.56 Å². The lowest BCUT2D eigenvalue weighted by atomic mass is 10.1. The molecule has 2 unspecified atom stereocenters. The first-order valence-corrected chi connectivity index (χ1v) is 12.5. The molecule has 3 aromatic carbocycles. The van der Waals surface area contributed by atoms with Gasteiger partial charge >= 0.3 is 23.6 Å². The quantitative estimate of drug-likeness (QED) is 0.252. The highest BCUT2D eigenvalue weighted by Crippen LogP contribution is 2.34. The number of carbonyl (C=O) groups is 3. The van der Waals surface area contributed by atoms with E-state index in [-0.39, 0.29) is 16.7 Å². The van der Waals surface area contributed by atoms with E-state index in [9.17, 15) is 24.0 Å². The number of esters is 3. The number of H-pyrrole nitrogens is 1. The maximum absolute atomic E-state index is 13.1. The van der Waals surface area contributed by atoms with Crippen molar-refractivity contribution in [3.8, 4) is 0 Å². The molecule has 1 aliphatic heterocycles. The molecule has 12 heteroatoms. The van der Waals surface area contributed by atoms with Crippen molar-refractivity contribution in [1.82, 2.24) is 14.8 Å². The Morgan fingerprint density at radius 3 is 1.73 bits per heavy atom. The molecular formula is C29H23N3O9. The van der Waals surface area contributed by atoms with Crippen molar-refractivity contribution in [3.63, 3.8) is 0 Å². The lowest BCUT2D eigenvalue weighted by Crippen LogP contribution is -2.43. The molecule has 5 rings (SSSR count). The Hall–Kier alpha value is -5.36. The lowest BCUT2D eigenvalue weighted by molar-refractivity contribution is -0.0699. The summed E-state index contributed by atoms with van der Waals surface area (Å²) >= 11 is 0. The van der Waals surface area contributed by atoms with Crippen LogP contribution >= 0.6 is 0 Å². The van der Waals surface area contributed by atoms with Crippen LogP contribution in [0.15, 0.2) is 107 Å². The molecule has 0 spiro atoms. The van der Waals surface area contributed by atoms with Crippen LogP contribution in [0.5, 0.6) is 0 Å². The van der Waals surface area contributed by atoms with E-state index in [0.29, 0.717) is 0 Å². The first-order chi connectivity index (χ1) is 19.9. The SMILES string of the molecule is O=C(OC[C@H]1O[C@@H](n2ncc(=O)[nH]c2=O)C(OC(=O)c2ccccc2)C1OC(=O)c1ccccc1)c1ccccc1. The van der Waals surface area contributed by atoms with E-state index >= 15 is 0 Å². The van der Waals surface area contributed by atoms with Crippen molar-refractivity contribution in [3.05, 3.63) is 135 Å². The van der Waals surface area contributed by atoms with Gasteiger partial charge in [-0.3, -0.25) is 9.78 Å². The number of aromatic amines is 1. The second-order valence-corrected chi connectivity index (χ2v) is 8.89. The van der Waals surface area contributed by atoms with Crippen LogP contribution in [0.4, 0.5) is 0 Å². The Balaban J connectivity index is 1.50. The van der Waals surface area contributed by atoms with Crippen LogP contribution in [0.25, 0.3) is 0 Å². The van der Waals surface area contributed by atoms with Gasteiger partial charge in [0.15, 0.2) is 18.4 Å². The van der Waals surface area contributed by atoms with Gasteiger partial charge in [-0.2, -0.15) is 9.78 Å². The number of hydrogen-bond donors (Lipinski definition) is 1. The Morgan fingerprint density at radius 2 is 1.22 bits per heavy atom. The molecule has 208 valence electrons. The first-order valence-electron chi connectivity index (χ1n) is 12.5. The minimum Gasteiger partial charge on any atom is -0.459 e. The largest absolute Gasteiger partial charge is 0.459 e. The number of carbonyl (C=O) groups excluding carboxylic acids is 3. The van der Waals surface area contributed by atoms with Gasteiger partial charge in [0.05, 0.1) is 16.7 Å². The van der Waals surface area contributed by atoms with Gasteiger partial charge in [-0.15, -0.1) is 0 Å². The Bertz CT molecular complexity index is 1640. The van der Waals surface area contributed by atoms with Crippen molar-refractivity contribution in [2.75, 3.05) is 6.61 Å². The summed E-state index contributed by atoms with van der Waals surface area (Å²) in [5, 5.41) is 3.83. The molecule has 1 aliphatic rings. The van der Waals surface area contributed by atoms with Crippen LogP contribution in [0.1, 0.15) is 37.3 Å². The second kappa shape index (κ2) is 12.2. The van der Waals surface area contributed by atoms with Crippen LogP contribution in [-0.2, 0) is 18.9 Å². The highest BCUT2D eigenvalue weighted by atomic mass is 16.7. The number of nitrogens with zero attached hydrogens (tertiary/aromatic N) is 2. The zero-order chi connectivity index (χ0) is 28.8. The van der Waals surface area contributed by atoms with Crippen molar-refractivity contribution < 1.29 is 33.3 Å². The van der Waals surface area contributed by atoms with Crippen molar-refractivity contribution in [2.45, 2.75) is 24.5 Å². The third-order valence-corrected chi connectivity index (χ3v) is 6.16. The molecule has 1 N–H and O–H groups in total. The van der Waals surface area contributed by atoms with E-state index in [1.54, 1.807) is 66.7 Å². The average molecular weight is 558 g/mol. The fourth-order valence-corrected chi connectivity index (χ4v) is 4.20. The lowest BCUT2D eigenvalue weighted by Gasteiger charge is -2.24. The summed E-state index contributed by atoms with van der Waals surface area (Å²) < 4.78 is 23.7. The summed E-state index contributed by atoms with van der Waals surface area (Å²) in [7, 11) is 0. The van der Waals surface area contributed by atoms with Crippen molar-refractivity contribution in [2.24, 2.45) is 0 Å². The Labute approximate surface area is 232 Å². The normalized spacial score (nSPS) is 19.7. The topological polar surface area (TPSA) is 156 Å². The summed E-state index contributed by atoms with van der Waals surface area (Å²) in [5.74, 6) is -2.26. The number of nitrogens with one attached hydrogen (secondary N) is 1. The van der Waals surface area contributed by atoms with Crippen LogP contribution in [-0.4, -0.2) is 57.6 Å². The van der Waals surface area contributed by atoms with E-state index in [2.05, 4.69) is 10.1 Å². The van der Waals surface area contributed by atoms with E-state index in [0.717, 1.165) is 10.9 Å². The van der Waals surface area contributed by atoms with Crippen molar-refractivity contribution in [1.29, 1.82) is 0 Å². The molecule has 4 atom stereocenters. The summed E-state index contributed by atoms with van der Waals surface area (Å²) in [5.41, 5.74) is -1.07. The highest BCUT2D eigenvalue weighted by molar-refractivity contribution is 5.91. The summed E-state index contributed by atoms with van der Waals surface area (Å²) in [6.45, 7) is -0.436. The maximum Gasteiger partial charge on any atom is 0.347 e. The Kier molecular flexibility index (Phi) is 8.11. The van der Waals surface area contributed by atoms with Crippen molar-refractivity contribution >= 4 is 17.9 Å². The van der Waals surface area contributed by atoms with Gasteiger partial charge in [-0.05, 0) is 36.4 Å². The maximum atomic E-state index is 13.1. The molecule has 1 aromatic heterocycles. The molecule has 2 heterocycles. The van der Waals surface area contributed by atoms with Crippen LogP contribution in [0.2, 0.25) is 0 Å². The molecule has 0 radical (unpaired) electrons. The van der Waals surface area contributed by atoms with Gasteiger partial charge in [0.2, 0.25) is 0 Å². The molecule has 1 fully saturated rings. The monoisotopic (exact) mass is 557 g/mol. The van der Waals surface area contributed by atoms with E-state index in [4.69, 9.17) is 18.9 Å².